The van der Waals surface area contributed by atoms with E-state index in [0.29, 0.717) is 23.1 Å². The number of amides is 4. The van der Waals surface area contributed by atoms with Gasteiger partial charge in [-0.15, -0.1) is 0 Å². The van der Waals surface area contributed by atoms with Crippen LogP contribution in [0.1, 0.15) is 29.2 Å². The topological polar surface area (TPSA) is 123 Å². The number of rotatable bonds is 8. The number of H-pyrrole nitrogens is 1. The van der Waals surface area contributed by atoms with Gasteiger partial charge < -0.3 is 25.8 Å². The summed E-state index contributed by atoms with van der Waals surface area (Å²) in [6, 6.07) is 5.81. The molecule has 15 heteroatoms. The summed E-state index contributed by atoms with van der Waals surface area (Å²) >= 11 is 0. The Morgan fingerprint density at radius 2 is 1.67 bits per heavy atom. The van der Waals surface area contributed by atoms with E-state index in [1.165, 1.54) is 6.92 Å². The van der Waals surface area contributed by atoms with Crippen LogP contribution in [0.15, 0.2) is 48.7 Å². The van der Waals surface area contributed by atoms with Crippen molar-refractivity contribution in [2.75, 3.05) is 13.1 Å². The molecule has 4 amide bonds. The van der Waals surface area contributed by atoms with E-state index in [4.69, 9.17) is 0 Å². The molecule has 2 unspecified atom stereocenters. The number of para-hydroxylation sites is 1. The van der Waals surface area contributed by atoms with Crippen LogP contribution in [0.25, 0.3) is 10.9 Å². The van der Waals surface area contributed by atoms with Crippen molar-refractivity contribution in [3.05, 3.63) is 70.9 Å². The van der Waals surface area contributed by atoms with Crippen molar-refractivity contribution in [3.8, 4) is 0 Å². The van der Waals surface area contributed by atoms with Crippen LogP contribution in [-0.4, -0.2) is 58.7 Å². The number of aromatic amines is 1. The number of hydrogen-bond acceptors (Lipinski definition) is 4. The van der Waals surface area contributed by atoms with E-state index in [0.717, 1.165) is 10.4 Å². The average molecular weight is 598 g/mol. The molecule has 3 aromatic rings. The number of alkyl halides is 6. The molecule has 2 heterocycles. The minimum absolute atomic E-state index is 0.0195. The Labute approximate surface area is 234 Å². The summed E-state index contributed by atoms with van der Waals surface area (Å²) in [5.74, 6) is -2.70. The monoisotopic (exact) mass is 597 g/mol. The molecular formula is C27H25F6N5O4. The molecule has 0 saturated carbocycles. The standard InChI is InChI=1S/C27H25F6N5O4/c1-14-25(42)38(12-22(39)36-14)13-23(40)37-21(8-16-11-34-20-5-3-2-4-19(16)20)24(41)35-10-15-6-17(26(28,29)30)9-18(7-15)27(31,32)33/h2-7,9,11,14,21,34H,8,10,12-13H2,1H3,(H,35,41)(H,36,39)(H,37,40). The molecular weight excluding hydrogens is 572 g/mol. The van der Waals surface area contributed by atoms with Gasteiger partial charge in [-0.1, -0.05) is 18.2 Å². The Morgan fingerprint density at radius 1 is 1.02 bits per heavy atom. The first-order valence-electron chi connectivity index (χ1n) is 12.6. The van der Waals surface area contributed by atoms with Crippen LogP contribution >= 0.6 is 0 Å². The number of fused-ring (bicyclic) bond motifs is 1. The van der Waals surface area contributed by atoms with Gasteiger partial charge in [0.15, 0.2) is 0 Å². The van der Waals surface area contributed by atoms with Crippen LogP contribution in [0.3, 0.4) is 0 Å². The van der Waals surface area contributed by atoms with Gasteiger partial charge in [0, 0.05) is 30.1 Å². The van der Waals surface area contributed by atoms with Gasteiger partial charge >= 0.3 is 12.4 Å². The van der Waals surface area contributed by atoms with Crippen LogP contribution in [0.4, 0.5) is 26.3 Å². The van der Waals surface area contributed by atoms with Gasteiger partial charge in [0.25, 0.3) is 0 Å². The summed E-state index contributed by atoms with van der Waals surface area (Å²) in [7, 11) is 0. The number of carbonyl (C=O) groups is 4. The van der Waals surface area contributed by atoms with E-state index in [9.17, 15) is 45.5 Å². The van der Waals surface area contributed by atoms with Gasteiger partial charge in [-0.25, -0.2) is 0 Å². The normalized spacial score (nSPS) is 16.7. The molecule has 2 atom stereocenters. The van der Waals surface area contributed by atoms with Crippen LogP contribution in [-0.2, 0) is 44.5 Å². The second-order valence-electron chi connectivity index (χ2n) is 9.80. The largest absolute Gasteiger partial charge is 0.416 e. The molecule has 0 bridgehead atoms. The SMILES string of the molecule is CC1NC(=O)CN(CC(=O)NC(Cc2c[nH]c3ccccc23)C(=O)NCc2cc(C(F)(F)F)cc(C(F)(F)F)c2)C1=O. The lowest BCUT2D eigenvalue weighted by atomic mass is 10.0. The maximum Gasteiger partial charge on any atom is 0.416 e. The molecule has 224 valence electrons. The zero-order valence-electron chi connectivity index (χ0n) is 21.9. The third kappa shape index (κ3) is 7.19. The summed E-state index contributed by atoms with van der Waals surface area (Å²) in [6.07, 6.45) is -8.64. The van der Waals surface area contributed by atoms with Crippen molar-refractivity contribution < 1.29 is 45.5 Å². The Kier molecular flexibility index (Phi) is 8.50. The van der Waals surface area contributed by atoms with Gasteiger partial charge in [0.1, 0.15) is 25.2 Å². The molecule has 0 radical (unpaired) electrons. The summed E-state index contributed by atoms with van der Waals surface area (Å²) in [4.78, 5) is 54.3. The number of nitrogens with zero attached hydrogens (tertiary/aromatic N) is 1. The number of halogens is 6. The number of piperazine rings is 1. The van der Waals surface area contributed by atoms with E-state index in [1.54, 1.807) is 30.5 Å². The highest BCUT2D eigenvalue weighted by atomic mass is 19.4. The quantitative estimate of drug-likeness (QED) is 0.298. The summed E-state index contributed by atoms with van der Waals surface area (Å²) in [5.41, 5.74) is -2.21. The number of aromatic nitrogens is 1. The molecule has 1 fully saturated rings. The maximum atomic E-state index is 13.3. The molecule has 0 aliphatic carbocycles. The molecule has 42 heavy (non-hydrogen) atoms. The highest BCUT2D eigenvalue weighted by Crippen LogP contribution is 2.36. The van der Waals surface area contributed by atoms with Crippen molar-refractivity contribution in [1.82, 2.24) is 25.8 Å². The Morgan fingerprint density at radius 3 is 2.31 bits per heavy atom. The number of carbonyl (C=O) groups excluding carboxylic acids is 4. The first-order chi connectivity index (χ1) is 19.6. The molecule has 1 aliphatic heterocycles. The predicted molar refractivity (Wildman–Crippen MR) is 136 cm³/mol. The fourth-order valence-electron chi connectivity index (χ4n) is 4.58. The van der Waals surface area contributed by atoms with Crippen molar-refractivity contribution in [3.63, 3.8) is 0 Å². The van der Waals surface area contributed by atoms with Crippen LogP contribution in [0.2, 0.25) is 0 Å². The molecule has 0 spiro atoms. The van der Waals surface area contributed by atoms with E-state index in [-0.39, 0.29) is 19.0 Å². The minimum atomic E-state index is -5.06. The maximum absolute atomic E-state index is 13.3. The second-order valence-corrected chi connectivity index (χ2v) is 9.80. The molecule has 1 saturated heterocycles. The van der Waals surface area contributed by atoms with Crippen LogP contribution < -0.4 is 16.0 Å². The third-order valence-corrected chi connectivity index (χ3v) is 6.59. The molecule has 1 aromatic heterocycles. The van der Waals surface area contributed by atoms with Crippen molar-refractivity contribution in [2.45, 2.75) is 44.3 Å². The molecule has 4 N–H and O–H groups in total. The van der Waals surface area contributed by atoms with Gasteiger partial charge in [-0.3, -0.25) is 19.2 Å². The van der Waals surface area contributed by atoms with Crippen molar-refractivity contribution in [2.24, 2.45) is 0 Å². The average Bonchev–Trinajstić information content (AvgIpc) is 3.31. The lowest BCUT2D eigenvalue weighted by molar-refractivity contribution is -0.146. The fourth-order valence-corrected chi connectivity index (χ4v) is 4.58. The highest BCUT2D eigenvalue weighted by Gasteiger charge is 2.37. The minimum Gasteiger partial charge on any atom is -0.361 e. The van der Waals surface area contributed by atoms with Gasteiger partial charge in [0.05, 0.1) is 11.1 Å². The zero-order valence-corrected chi connectivity index (χ0v) is 21.9. The van der Waals surface area contributed by atoms with E-state index in [1.807, 2.05) is 0 Å². The Hall–Kier alpha value is -4.56. The molecule has 4 rings (SSSR count). The number of nitrogens with one attached hydrogen (secondary N) is 4. The predicted octanol–water partition coefficient (Wildman–Crippen LogP) is 2.90. The zero-order chi connectivity index (χ0) is 30.8. The smallest absolute Gasteiger partial charge is 0.361 e. The summed E-state index contributed by atoms with van der Waals surface area (Å²) in [5, 5.41) is 7.92. The van der Waals surface area contributed by atoms with Gasteiger partial charge in [-0.05, 0) is 42.3 Å². The first-order valence-corrected chi connectivity index (χ1v) is 12.6. The molecule has 2 aromatic carbocycles. The van der Waals surface area contributed by atoms with Crippen molar-refractivity contribution >= 4 is 34.5 Å². The van der Waals surface area contributed by atoms with Crippen molar-refractivity contribution in [1.29, 1.82) is 0 Å². The second kappa shape index (κ2) is 11.7. The molecule has 1 aliphatic rings. The summed E-state index contributed by atoms with van der Waals surface area (Å²) in [6.45, 7) is -0.201. The van der Waals surface area contributed by atoms with E-state index in [2.05, 4.69) is 20.9 Å². The number of benzene rings is 2. The van der Waals surface area contributed by atoms with Gasteiger partial charge in [-0.2, -0.15) is 26.3 Å². The van der Waals surface area contributed by atoms with Gasteiger partial charge in [0.2, 0.25) is 23.6 Å². The first kappa shape index (κ1) is 30.4. The third-order valence-electron chi connectivity index (χ3n) is 6.59. The highest BCUT2D eigenvalue weighted by molar-refractivity contribution is 5.97. The summed E-state index contributed by atoms with van der Waals surface area (Å²) < 4.78 is 79.5. The fraction of sp³-hybridized carbons (Fsp3) is 0.333. The Balaban J connectivity index is 1.55. The van der Waals surface area contributed by atoms with Crippen LogP contribution in [0, 0.1) is 0 Å². The lowest BCUT2D eigenvalue weighted by Crippen LogP contribution is -2.59. The van der Waals surface area contributed by atoms with E-state index < -0.39 is 77.8 Å². The Bertz CT molecular complexity index is 1480. The number of hydrogen-bond donors (Lipinski definition) is 4. The van der Waals surface area contributed by atoms with Crippen LogP contribution in [0.5, 0.6) is 0 Å². The lowest BCUT2D eigenvalue weighted by Gasteiger charge is -2.30. The molecule has 9 nitrogen and oxygen atoms in total. The van der Waals surface area contributed by atoms with E-state index >= 15 is 0 Å².